The molecule has 0 aliphatic carbocycles. The number of furan rings is 1. The molecular formula is C20H14Cl5NO3. The van der Waals surface area contributed by atoms with Gasteiger partial charge >= 0.3 is 0 Å². The predicted molar refractivity (Wildman–Crippen MR) is 118 cm³/mol. The first-order valence-electron chi connectivity index (χ1n) is 8.31. The Morgan fingerprint density at radius 1 is 0.931 bits per heavy atom. The summed E-state index contributed by atoms with van der Waals surface area (Å²) in [7, 11) is 0. The number of ether oxygens (including phenoxy) is 1. The van der Waals surface area contributed by atoms with Crippen LogP contribution >= 0.6 is 58.0 Å². The highest BCUT2D eigenvalue weighted by Crippen LogP contribution is 2.48. The molecule has 3 rings (SSSR count). The zero-order chi connectivity index (χ0) is 21.3. The fraction of sp³-hybridized carbons (Fsp3) is 0.150. The molecule has 152 valence electrons. The van der Waals surface area contributed by atoms with Gasteiger partial charge in [-0.05, 0) is 43.2 Å². The van der Waals surface area contributed by atoms with Crippen LogP contribution < -0.4 is 10.1 Å². The van der Waals surface area contributed by atoms with E-state index < -0.39 is 0 Å². The molecule has 0 aliphatic rings. The molecule has 0 atom stereocenters. The van der Waals surface area contributed by atoms with Crippen molar-refractivity contribution in [3.05, 3.63) is 78.1 Å². The Balaban J connectivity index is 1.73. The molecule has 1 N–H and O–H groups in total. The van der Waals surface area contributed by atoms with E-state index in [1.165, 1.54) is 0 Å². The number of nitrogens with one attached hydrogen (secondary N) is 1. The summed E-state index contributed by atoms with van der Waals surface area (Å²) in [6.45, 7) is 3.85. The Kier molecular flexibility index (Phi) is 6.92. The van der Waals surface area contributed by atoms with Crippen LogP contribution in [0.2, 0.25) is 25.1 Å². The molecule has 0 radical (unpaired) electrons. The largest absolute Gasteiger partial charge is 0.482 e. The third-order valence-electron chi connectivity index (χ3n) is 4.27. The maximum absolute atomic E-state index is 12.5. The van der Waals surface area contributed by atoms with Gasteiger partial charge in [0, 0.05) is 5.69 Å². The minimum Gasteiger partial charge on any atom is -0.482 e. The fourth-order valence-electron chi connectivity index (χ4n) is 2.50. The molecule has 0 spiro atoms. The molecule has 0 saturated heterocycles. The second-order valence-electron chi connectivity index (χ2n) is 6.16. The molecule has 0 saturated carbocycles. The summed E-state index contributed by atoms with van der Waals surface area (Å²) < 4.78 is 11.2. The van der Waals surface area contributed by atoms with E-state index >= 15 is 0 Å². The van der Waals surface area contributed by atoms with Crippen LogP contribution in [0.4, 0.5) is 5.69 Å². The number of anilines is 1. The minimum atomic E-state index is -0.376. The molecule has 4 nitrogen and oxygen atoms in total. The van der Waals surface area contributed by atoms with E-state index in [2.05, 4.69) is 5.32 Å². The number of hydrogen-bond acceptors (Lipinski definition) is 3. The van der Waals surface area contributed by atoms with Crippen LogP contribution in [0.15, 0.2) is 34.7 Å². The van der Waals surface area contributed by atoms with E-state index in [-0.39, 0.29) is 49.1 Å². The highest BCUT2D eigenvalue weighted by atomic mass is 35.5. The number of benzene rings is 2. The summed E-state index contributed by atoms with van der Waals surface area (Å²) in [6, 6.07) is 8.82. The van der Waals surface area contributed by atoms with Gasteiger partial charge in [-0.2, -0.15) is 0 Å². The van der Waals surface area contributed by atoms with Crippen molar-refractivity contribution in [2.75, 3.05) is 5.32 Å². The molecule has 29 heavy (non-hydrogen) atoms. The molecule has 1 heterocycles. The van der Waals surface area contributed by atoms with Crippen LogP contribution in [-0.4, -0.2) is 5.91 Å². The lowest BCUT2D eigenvalue weighted by Gasteiger charge is -2.13. The molecule has 0 aliphatic heterocycles. The average molecular weight is 494 g/mol. The van der Waals surface area contributed by atoms with Crippen molar-refractivity contribution in [1.82, 2.24) is 0 Å². The van der Waals surface area contributed by atoms with Crippen LogP contribution in [0.3, 0.4) is 0 Å². The van der Waals surface area contributed by atoms with Crippen molar-refractivity contribution >= 4 is 69.6 Å². The van der Waals surface area contributed by atoms with Crippen LogP contribution in [0.5, 0.6) is 5.75 Å². The van der Waals surface area contributed by atoms with E-state index in [0.29, 0.717) is 11.4 Å². The zero-order valence-corrected chi connectivity index (χ0v) is 19.0. The van der Waals surface area contributed by atoms with E-state index in [0.717, 1.165) is 11.1 Å². The van der Waals surface area contributed by atoms with E-state index in [4.69, 9.17) is 67.2 Å². The van der Waals surface area contributed by atoms with E-state index in [1.807, 2.05) is 32.0 Å². The van der Waals surface area contributed by atoms with Crippen LogP contribution in [0, 0.1) is 13.8 Å². The lowest BCUT2D eigenvalue weighted by atomic mass is 10.1. The second kappa shape index (κ2) is 9.07. The Bertz CT molecular complexity index is 1060. The summed E-state index contributed by atoms with van der Waals surface area (Å²) in [5.74, 6) is 0.212. The maximum Gasteiger partial charge on any atom is 0.291 e. The summed E-state index contributed by atoms with van der Waals surface area (Å²) in [5, 5.41) is 3.00. The molecule has 3 aromatic rings. The van der Waals surface area contributed by atoms with E-state index in [9.17, 15) is 4.79 Å². The van der Waals surface area contributed by atoms with Gasteiger partial charge in [-0.25, -0.2) is 0 Å². The lowest BCUT2D eigenvalue weighted by molar-refractivity contribution is 0.0992. The van der Waals surface area contributed by atoms with Gasteiger partial charge in [-0.1, -0.05) is 70.1 Å². The molecule has 0 fully saturated rings. The summed E-state index contributed by atoms with van der Waals surface area (Å²) in [5.41, 5.74) is 2.77. The number of halogens is 5. The maximum atomic E-state index is 12.5. The van der Waals surface area contributed by atoms with Crippen molar-refractivity contribution in [3.63, 3.8) is 0 Å². The van der Waals surface area contributed by atoms with Crippen molar-refractivity contribution in [2.24, 2.45) is 0 Å². The quantitative estimate of drug-likeness (QED) is 0.289. The number of hydrogen-bond donors (Lipinski definition) is 1. The van der Waals surface area contributed by atoms with Crippen molar-refractivity contribution < 1.29 is 13.9 Å². The van der Waals surface area contributed by atoms with Crippen LogP contribution in [0.1, 0.15) is 27.4 Å². The molecular weight excluding hydrogens is 479 g/mol. The topological polar surface area (TPSA) is 51.5 Å². The first-order valence-corrected chi connectivity index (χ1v) is 10.2. The van der Waals surface area contributed by atoms with Crippen LogP contribution in [0.25, 0.3) is 0 Å². The lowest BCUT2D eigenvalue weighted by Crippen LogP contribution is -2.12. The van der Waals surface area contributed by atoms with Gasteiger partial charge in [0.15, 0.2) is 11.5 Å². The smallest absolute Gasteiger partial charge is 0.291 e. The number of rotatable bonds is 5. The monoisotopic (exact) mass is 491 g/mol. The minimum absolute atomic E-state index is 0.0329. The molecule has 2 aromatic carbocycles. The number of aryl methyl sites for hydroxylation is 1. The highest BCUT2D eigenvalue weighted by molar-refractivity contribution is 6.55. The summed E-state index contributed by atoms with van der Waals surface area (Å²) in [4.78, 5) is 12.5. The van der Waals surface area contributed by atoms with Gasteiger partial charge in [-0.3, -0.25) is 4.79 Å². The molecule has 9 heteroatoms. The Morgan fingerprint density at radius 2 is 1.55 bits per heavy atom. The Hall–Kier alpha value is -1.56. The predicted octanol–water partition coefficient (Wildman–Crippen LogP) is 7.99. The molecule has 1 amide bonds. The van der Waals surface area contributed by atoms with Crippen molar-refractivity contribution in [1.29, 1.82) is 0 Å². The Morgan fingerprint density at radius 3 is 2.21 bits per heavy atom. The van der Waals surface area contributed by atoms with Gasteiger partial charge < -0.3 is 14.5 Å². The van der Waals surface area contributed by atoms with Crippen LogP contribution in [-0.2, 0) is 6.61 Å². The van der Waals surface area contributed by atoms with Gasteiger partial charge in [-0.15, -0.1) is 0 Å². The average Bonchev–Trinajstić information content (AvgIpc) is 3.17. The van der Waals surface area contributed by atoms with Gasteiger partial charge in [0.25, 0.3) is 5.91 Å². The van der Waals surface area contributed by atoms with Crippen molar-refractivity contribution in [3.8, 4) is 5.75 Å². The van der Waals surface area contributed by atoms with Gasteiger partial charge in [0.2, 0.25) is 0 Å². The van der Waals surface area contributed by atoms with Crippen molar-refractivity contribution in [2.45, 2.75) is 20.5 Å². The zero-order valence-electron chi connectivity index (χ0n) is 15.2. The second-order valence-corrected chi connectivity index (χ2v) is 8.05. The van der Waals surface area contributed by atoms with E-state index in [1.54, 1.807) is 12.1 Å². The van der Waals surface area contributed by atoms with Gasteiger partial charge in [0.1, 0.15) is 22.4 Å². The number of carbonyl (C=O) groups is 1. The highest BCUT2D eigenvalue weighted by Gasteiger charge is 2.21. The first-order chi connectivity index (χ1) is 13.7. The standard InChI is InChI=1S/C20H14Cl5NO3/c1-9-4-3-5-12(10(9)2)26-20(27)13-7-6-11(29-13)8-28-19-17(24)15(22)14(21)16(23)18(19)25/h3-7H,8H2,1-2H3,(H,26,27). The Labute approximate surface area is 192 Å². The molecule has 1 aromatic heterocycles. The summed E-state index contributed by atoms with van der Waals surface area (Å²) in [6.07, 6.45) is 0. The fourth-order valence-corrected chi connectivity index (χ4v) is 3.73. The third-order valence-corrected chi connectivity index (χ3v) is 6.51. The third kappa shape index (κ3) is 4.62. The van der Waals surface area contributed by atoms with Gasteiger partial charge in [0.05, 0.1) is 15.1 Å². The number of carbonyl (C=O) groups excluding carboxylic acids is 1. The first kappa shape index (κ1) is 22.1. The molecule has 0 unspecified atom stereocenters. The summed E-state index contributed by atoms with van der Waals surface area (Å²) >= 11 is 30.3. The molecule has 0 bridgehead atoms. The SMILES string of the molecule is Cc1cccc(NC(=O)c2ccc(COc3c(Cl)c(Cl)c(Cl)c(Cl)c3Cl)o2)c1C. The number of amides is 1. The normalized spacial score (nSPS) is 10.9.